The Morgan fingerprint density at radius 3 is 2.73 bits per heavy atom. The third kappa shape index (κ3) is 2.54. The monoisotopic (exact) mass is 374 g/mol. The zero-order valence-electron chi connectivity index (χ0n) is 16.1. The number of rotatable bonds is 1. The minimum Gasteiger partial charge on any atom is -0.377 e. The molecule has 0 aromatic rings. The Kier molecular flexibility index (Phi) is 4.56. The fourth-order valence-corrected chi connectivity index (χ4v) is 7.21. The van der Waals surface area contributed by atoms with Gasteiger partial charge >= 0.3 is 0 Å². The van der Waals surface area contributed by atoms with E-state index in [1.165, 1.54) is 6.42 Å². The highest BCUT2D eigenvalue weighted by atomic mass is 35.5. The van der Waals surface area contributed by atoms with Crippen molar-refractivity contribution in [2.75, 3.05) is 5.88 Å². The van der Waals surface area contributed by atoms with Crippen LogP contribution in [0.4, 0.5) is 0 Å². The van der Waals surface area contributed by atoms with Crippen molar-refractivity contribution in [1.29, 1.82) is 0 Å². The fourth-order valence-electron chi connectivity index (χ4n) is 7.11. The third-order valence-electron chi connectivity index (χ3n) is 8.71. The third-order valence-corrected chi connectivity index (χ3v) is 8.90. The van der Waals surface area contributed by atoms with Crippen LogP contribution in [0.5, 0.6) is 0 Å². The highest BCUT2D eigenvalue weighted by Crippen LogP contribution is 2.67. The van der Waals surface area contributed by atoms with Gasteiger partial charge in [-0.15, -0.1) is 11.6 Å². The summed E-state index contributed by atoms with van der Waals surface area (Å²) in [4.78, 5) is 11.9. The van der Waals surface area contributed by atoms with Crippen molar-refractivity contribution in [1.82, 2.24) is 0 Å². The van der Waals surface area contributed by atoms with Gasteiger partial charge in [0.15, 0.2) is 5.78 Å². The van der Waals surface area contributed by atoms with Crippen LogP contribution in [0.15, 0.2) is 12.2 Å². The van der Waals surface area contributed by atoms with Crippen molar-refractivity contribution in [3.8, 4) is 11.8 Å². The van der Waals surface area contributed by atoms with Gasteiger partial charge in [-0.3, -0.25) is 4.79 Å². The molecule has 26 heavy (non-hydrogen) atoms. The van der Waals surface area contributed by atoms with Crippen LogP contribution in [0.1, 0.15) is 65.2 Å². The first-order chi connectivity index (χ1) is 12.3. The van der Waals surface area contributed by atoms with E-state index in [9.17, 15) is 9.90 Å². The number of ketones is 1. The second-order valence-corrected chi connectivity index (χ2v) is 9.99. The maximum Gasteiger partial charge on any atom is 0.155 e. The molecule has 4 aliphatic rings. The Morgan fingerprint density at radius 1 is 1.19 bits per heavy atom. The van der Waals surface area contributed by atoms with E-state index >= 15 is 0 Å². The Balaban J connectivity index is 1.63. The normalized spacial score (nSPS) is 49.6. The smallest absolute Gasteiger partial charge is 0.155 e. The van der Waals surface area contributed by atoms with Gasteiger partial charge in [-0.2, -0.15) is 0 Å². The summed E-state index contributed by atoms with van der Waals surface area (Å²) >= 11 is 5.77. The predicted octanol–water partition coefficient (Wildman–Crippen LogP) is 4.74. The topological polar surface area (TPSA) is 37.3 Å². The van der Waals surface area contributed by atoms with Crippen molar-refractivity contribution in [3.63, 3.8) is 0 Å². The van der Waals surface area contributed by atoms with Crippen molar-refractivity contribution < 1.29 is 9.90 Å². The number of alkyl halides is 1. The van der Waals surface area contributed by atoms with Crippen LogP contribution in [0, 0.1) is 46.3 Å². The van der Waals surface area contributed by atoms with Crippen LogP contribution >= 0.6 is 11.6 Å². The summed E-state index contributed by atoms with van der Waals surface area (Å²) in [6.45, 7) is 4.67. The van der Waals surface area contributed by atoms with Gasteiger partial charge in [0.25, 0.3) is 0 Å². The van der Waals surface area contributed by atoms with Gasteiger partial charge in [0.05, 0.1) is 0 Å². The fraction of sp³-hybridized carbons (Fsp3) is 0.783. The van der Waals surface area contributed by atoms with E-state index in [-0.39, 0.29) is 10.8 Å². The molecule has 0 bridgehead atoms. The number of allylic oxidation sites excluding steroid dienone is 2. The van der Waals surface area contributed by atoms with Gasteiger partial charge in [0.2, 0.25) is 0 Å². The van der Waals surface area contributed by atoms with Crippen LogP contribution in [-0.4, -0.2) is 22.4 Å². The minimum atomic E-state index is -0.856. The second kappa shape index (κ2) is 6.39. The molecule has 3 heteroatoms. The molecule has 0 aliphatic heterocycles. The van der Waals surface area contributed by atoms with Gasteiger partial charge < -0.3 is 5.11 Å². The first-order valence-corrected chi connectivity index (χ1v) is 10.9. The molecule has 0 saturated heterocycles. The van der Waals surface area contributed by atoms with Gasteiger partial charge in [-0.25, -0.2) is 0 Å². The van der Waals surface area contributed by atoms with Crippen LogP contribution in [0.3, 0.4) is 0 Å². The van der Waals surface area contributed by atoms with E-state index < -0.39 is 5.60 Å². The number of aliphatic hydroxyl groups is 1. The standard InChI is InChI=1S/C23H31ClO2/c1-21-11-7-17(25)15-16(21)5-6-18-19(21)8-12-22(2)20(18)9-13-23(22,26)10-3-4-14-24/h7,11,16,18-20,26H,4-6,8-9,12-15H2,1-2H3/t16?,18-,19+,20+,21+,22+,23+/m1/s1. The zero-order valence-corrected chi connectivity index (χ0v) is 16.8. The largest absolute Gasteiger partial charge is 0.377 e. The lowest BCUT2D eigenvalue weighted by atomic mass is 9.45. The summed E-state index contributed by atoms with van der Waals surface area (Å²) < 4.78 is 0. The molecule has 4 rings (SSSR count). The molecular weight excluding hydrogens is 344 g/mol. The molecule has 2 nitrogen and oxygen atoms in total. The van der Waals surface area contributed by atoms with E-state index in [1.807, 2.05) is 6.08 Å². The molecule has 0 radical (unpaired) electrons. The van der Waals surface area contributed by atoms with Crippen molar-refractivity contribution in [2.45, 2.75) is 70.8 Å². The van der Waals surface area contributed by atoms with E-state index in [4.69, 9.17) is 11.6 Å². The molecule has 0 heterocycles. The van der Waals surface area contributed by atoms with Crippen molar-refractivity contribution in [2.24, 2.45) is 34.5 Å². The summed E-state index contributed by atoms with van der Waals surface area (Å²) in [6.07, 6.45) is 11.9. The predicted molar refractivity (Wildman–Crippen MR) is 105 cm³/mol. The molecule has 1 N–H and O–H groups in total. The van der Waals surface area contributed by atoms with Crippen LogP contribution in [-0.2, 0) is 4.79 Å². The van der Waals surface area contributed by atoms with Gasteiger partial charge in [-0.1, -0.05) is 31.8 Å². The number of fused-ring (bicyclic) bond motifs is 5. The molecule has 0 aromatic heterocycles. The highest BCUT2D eigenvalue weighted by Gasteiger charge is 2.64. The Morgan fingerprint density at radius 2 is 1.96 bits per heavy atom. The van der Waals surface area contributed by atoms with Crippen LogP contribution < -0.4 is 0 Å². The van der Waals surface area contributed by atoms with E-state index in [0.717, 1.165) is 38.5 Å². The molecule has 142 valence electrons. The summed E-state index contributed by atoms with van der Waals surface area (Å²) in [6, 6.07) is 0. The summed E-state index contributed by atoms with van der Waals surface area (Å²) in [5, 5.41) is 11.4. The maximum absolute atomic E-state index is 11.9. The molecule has 3 saturated carbocycles. The average molecular weight is 375 g/mol. The molecule has 7 atom stereocenters. The highest BCUT2D eigenvalue weighted by molar-refractivity contribution is 6.18. The van der Waals surface area contributed by atoms with E-state index in [1.54, 1.807) is 0 Å². The van der Waals surface area contributed by atoms with Crippen molar-refractivity contribution >= 4 is 17.4 Å². The molecule has 1 unspecified atom stereocenters. The van der Waals surface area contributed by atoms with Gasteiger partial charge in [0.1, 0.15) is 5.60 Å². The van der Waals surface area contributed by atoms with Crippen LogP contribution in [0.25, 0.3) is 0 Å². The average Bonchev–Trinajstić information content (AvgIpc) is 2.87. The molecular formula is C23H31ClO2. The lowest BCUT2D eigenvalue weighted by Crippen LogP contribution is -2.55. The molecule has 0 amide bonds. The van der Waals surface area contributed by atoms with Gasteiger partial charge in [0, 0.05) is 24.1 Å². The Bertz CT molecular complexity index is 688. The lowest BCUT2D eigenvalue weighted by molar-refractivity contribution is -0.128. The molecule has 3 fully saturated rings. The first kappa shape index (κ1) is 18.6. The van der Waals surface area contributed by atoms with Gasteiger partial charge in [-0.05, 0) is 73.7 Å². The summed E-state index contributed by atoms with van der Waals surface area (Å²) in [5.41, 5.74) is -0.807. The first-order valence-electron chi connectivity index (χ1n) is 10.3. The minimum absolute atomic E-state index is 0.106. The number of carbonyl (C=O) groups excluding carboxylic acids is 1. The summed E-state index contributed by atoms with van der Waals surface area (Å²) in [7, 11) is 0. The molecule has 0 spiro atoms. The SMILES string of the molecule is C[C@]12C=CC(=O)CC1CC[C@@H]1[C@@H]2CC[C@@]2(C)[C@H]1CC[C@@]2(O)C#CCCCl. The quantitative estimate of drug-likeness (QED) is 0.531. The Labute approximate surface area is 162 Å². The van der Waals surface area contributed by atoms with E-state index in [2.05, 4.69) is 31.8 Å². The lowest BCUT2D eigenvalue weighted by Gasteiger charge is -2.59. The molecule has 0 aromatic carbocycles. The maximum atomic E-state index is 11.9. The van der Waals surface area contributed by atoms with Crippen LogP contribution in [0.2, 0.25) is 0 Å². The number of hydrogen-bond donors (Lipinski definition) is 1. The Hall–Kier alpha value is -0.780. The zero-order chi connectivity index (χ0) is 18.6. The molecule has 4 aliphatic carbocycles. The van der Waals surface area contributed by atoms with Crippen molar-refractivity contribution in [3.05, 3.63) is 12.2 Å². The number of hydrogen-bond acceptors (Lipinski definition) is 2. The number of halogens is 1. The summed E-state index contributed by atoms with van der Waals surface area (Å²) in [5.74, 6) is 9.52. The van der Waals surface area contributed by atoms with E-state index in [0.29, 0.717) is 41.8 Å². The number of carbonyl (C=O) groups is 1. The second-order valence-electron chi connectivity index (χ2n) is 9.62.